The van der Waals surface area contributed by atoms with Crippen molar-refractivity contribution in [1.82, 2.24) is 10.6 Å². The van der Waals surface area contributed by atoms with Gasteiger partial charge in [0.25, 0.3) is 0 Å². The second-order valence-electron chi connectivity index (χ2n) is 7.45. The smallest absolute Gasteiger partial charge is 0.314 e. The van der Waals surface area contributed by atoms with Crippen LogP contribution in [0.2, 0.25) is 0 Å². The van der Waals surface area contributed by atoms with Gasteiger partial charge < -0.3 is 20.5 Å². The molecule has 3 N–H and O–H groups in total. The Kier molecular flexibility index (Phi) is 5.24. The van der Waals surface area contributed by atoms with Gasteiger partial charge in [0.2, 0.25) is 0 Å². The third-order valence-electron chi connectivity index (χ3n) is 5.80. The van der Waals surface area contributed by atoms with Gasteiger partial charge in [-0.05, 0) is 50.9 Å². The van der Waals surface area contributed by atoms with Crippen LogP contribution >= 0.6 is 0 Å². The number of amides is 2. The van der Waals surface area contributed by atoms with Gasteiger partial charge in [0, 0.05) is 25.6 Å². The molecule has 1 spiro atoms. The highest BCUT2D eigenvalue weighted by molar-refractivity contribution is 5.73. The number of rotatable bonds is 4. The highest BCUT2D eigenvalue weighted by Gasteiger charge is 2.42. The van der Waals surface area contributed by atoms with Crippen molar-refractivity contribution in [2.45, 2.75) is 69.5 Å². The molecule has 2 aliphatic carbocycles. The maximum absolute atomic E-state index is 11.9. The number of hydrogen-bond donors (Lipinski definition) is 3. The molecule has 0 aromatic carbocycles. The monoisotopic (exact) mass is 310 g/mol. The van der Waals surface area contributed by atoms with E-state index in [9.17, 15) is 9.90 Å². The van der Waals surface area contributed by atoms with E-state index in [1.54, 1.807) is 0 Å². The van der Waals surface area contributed by atoms with Crippen LogP contribution in [0.1, 0.15) is 57.8 Å². The molecule has 2 saturated carbocycles. The number of carbonyl (C=O) groups excluding carboxylic acids is 1. The van der Waals surface area contributed by atoms with Crippen molar-refractivity contribution in [2.24, 2.45) is 11.8 Å². The number of aliphatic hydroxyl groups excluding tert-OH is 1. The summed E-state index contributed by atoms with van der Waals surface area (Å²) in [4.78, 5) is 11.9. The zero-order valence-corrected chi connectivity index (χ0v) is 13.5. The second-order valence-corrected chi connectivity index (χ2v) is 7.45. The second kappa shape index (κ2) is 7.18. The summed E-state index contributed by atoms with van der Waals surface area (Å²) in [5, 5.41) is 15.9. The summed E-state index contributed by atoms with van der Waals surface area (Å²) >= 11 is 0. The molecular formula is C17H30N2O3. The van der Waals surface area contributed by atoms with E-state index in [0.717, 1.165) is 51.7 Å². The van der Waals surface area contributed by atoms with Crippen molar-refractivity contribution in [2.75, 3.05) is 19.7 Å². The van der Waals surface area contributed by atoms with Crippen LogP contribution in [0, 0.1) is 11.8 Å². The molecule has 5 nitrogen and oxygen atoms in total. The molecule has 3 aliphatic rings. The van der Waals surface area contributed by atoms with E-state index >= 15 is 0 Å². The largest absolute Gasteiger partial charge is 0.393 e. The first-order chi connectivity index (χ1) is 10.7. The molecule has 0 radical (unpaired) electrons. The average Bonchev–Trinajstić information content (AvgIpc) is 2.51. The molecular weight excluding hydrogens is 280 g/mol. The van der Waals surface area contributed by atoms with Gasteiger partial charge in [0.1, 0.15) is 0 Å². The normalized spacial score (nSPS) is 34.0. The minimum atomic E-state index is -0.247. The molecule has 126 valence electrons. The van der Waals surface area contributed by atoms with Crippen molar-refractivity contribution < 1.29 is 14.6 Å². The van der Waals surface area contributed by atoms with Crippen LogP contribution in [0.5, 0.6) is 0 Å². The van der Waals surface area contributed by atoms with E-state index in [0.29, 0.717) is 12.5 Å². The average molecular weight is 310 g/mol. The Labute approximate surface area is 133 Å². The maximum atomic E-state index is 11.9. The zero-order valence-electron chi connectivity index (χ0n) is 13.5. The molecule has 0 bridgehead atoms. The van der Waals surface area contributed by atoms with Crippen molar-refractivity contribution in [1.29, 1.82) is 0 Å². The van der Waals surface area contributed by atoms with Crippen LogP contribution < -0.4 is 10.6 Å². The lowest BCUT2D eigenvalue weighted by Gasteiger charge is -2.47. The SMILES string of the molecule is O=C(NCC1CCOC2(CCC2)C1)NC[C@H]1CCCC[C@@H]1O. The Morgan fingerprint density at radius 2 is 1.86 bits per heavy atom. The standard InChI is InChI=1S/C17H30N2O3/c20-15-5-2-1-4-14(15)12-19-16(21)18-11-13-6-9-22-17(10-13)7-3-8-17/h13-15,20H,1-12H2,(H2,18,19,21)/t13?,14-,15+/m1/s1. The quantitative estimate of drug-likeness (QED) is 0.745. The maximum Gasteiger partial charge on any atom is 0.314 e. The Hall–Kier alpha value is -0.810. The number of hydrogen-bond acceptors (Lipinski definition) is 3. The number of nitrogens with one attached hydrogen (secondary N) is 2. The number of carbonyl (C=O) groups is 1. The molecule has 1 saturated heterocycles. The number of urea groups is 1. The Bertz CT molecular complexity index is 384. The van der Waals surface area contributed by atoms with E-state index in [2.05, 4.69) is 10.6 Å². The summed E-state index contributed by atoms with van der Waals surface area (Å²) in [5.41, 5.74) is 0.146. The van der Waals surface area contributed by atoms with Gasteiger partial charge in [-0.3, -0.25) is 0 Å². The van der Waals surface area contributed by atoms with Crippen LogP contribution in [0.4, 0.5) is 4.79 Å². The van der Waals surface area contributed by atoms with E-state index in [1.165, 1.54) is 19.3 Å². The zero-order chi connectivity index (χ0) is 15.4. The van der Waals surface area contributed by atoms with Crippen LogP contribution in [0.15, 0.2) is 0 Å². The van der Waals surface area contributed by atoms with Gasteiger partial charge in [0.15, 0.2) is 0 Å². The van der Waals surface area contributed by atoms with Crippen LogP contribution in [-0.4, -0.2) is 42.5 Å². The van der Waals surface area contributed by atoms with Crippen molar-refractivity contribution in [3.8, 4) is 0 Å². The molecule has 1 aliphatic heterocycles. The summed E-state index contributed by atoms with van der Waals surface area (Å²) in [6.07, 6.45) is 9.71. The Morgan fingerprint density at radius 3 is 2.59 bits per heavy atom. The molecule has 0 aromatic rings. The third kappa shape index (κ3) is 3.93. The minimum absolute atomic E-state index is 0.0908. The predicted molar refractivity (Wildman–Crippen MR) is 84.6 cm³/mol. The van der Waals surface area contributed by atoms with Gasteiger partial charge >= 0.3 is 6.03 Å². The molecule has 2 amide bonds. The summed E-state index contributed by atoms with van der Waals surface area (Å²) in [6, 6.07) is -0.0908. The van der Waals surface area contributed by atoms with Crippen molar-refractivity contribution in [3.63, 3.8) is 0 Å². The number of aliphatic hydroxyl groups is 1. The van der Waals surface area contributed by atoms with Gasteiger partial charge in [-0.25, -0.2) is 4.79 Å². The van der Waals surface area contributed by atoms with E-state index in [-0.39, 0.29) is 23.7 Å². The van der Waals surface area contributed by atoms with E-state index < -0.39 is 0 Å². The lowest BCUT2D eigenvalue weighted by Crippen LogP contribution is -2.49. The van der Waals surface area contributed by atoms with E-state index in [4.69, 9.17) is 4.74 Å². The van der Waals surface area contributed by atoms with Crippen molar-refractivity contribution in [3.05, 3.63) is 0 Å². The van der Waals surface area contributed by atoms with Gasteiger partial charge in [0.05, 0.1) is 11.7 Å². The van der Waals surface area contributed by atoms with E-state index in [1.807, 2.05) is 0 Å². The molecule has 22 heavy (non-hydrogen) atoms. The first-order valence-corrected chi connectivity index (χ1v) is 9.01. The predicted octanol–water partition coefficient (Wildman–Crippen LogP) is 2.19. The van der Waals surface area contributed by atoms with Crippen LogP contribution in [-0.2, 0) is 4.74 Å². The van der Waals surface area contributed by atoms with Crippen LogP contribution in [0.25, 0.3) is 0 Å². The Morgan fingerprint density at radius 1 is 1.09 bits per heavy atom. The lowest BCUT2D eigenvalue weighted by atomic mass is 9.72. The Balaban J connectivity index is 1.33. The van der Waals surface area contributed by atoms with Crippen LogP contribution in [0.3, 0.4) is 0 Å². The summed E-state index contributed by atoms with van der Waals surface area (Å²) < 4.78 is 5.92. The summed E-state index contributed by atoms with van der Waals surface area (Å²) in [6.45, 7) is 2.16. The molecule has 1 unspecified atom stereocenters. The first kappa shape index (κ1) is 16.1. The van der Waals surface area contributed by atoms with Gasteiger partial charge in [-0.15, -0.1) is 0 Å². The fourth-order valence-electron chi connectivity index (χ4n) is 4.17. The summed E-state index contributed by atoms with van der Waals surface area (Å²) in [5.74, 6) is 0.765. The summed E-state index contributed by atoms with van der Waals surface area (Å²) in [7, 11) is 0. The fourth-order valence-corrected chi connectivity index (χ4v) is 4.17. The lowest BCUT2D eigenvalue weighted by molar-refractivity contribution is -0.142. The molecule has 5 heteroatoms. The molecule has 3 atom stereocenters. The minimum Gasteiger partial charge on any atom is -0.393 e. The molecule has 3 rings (SSSR count). The first-order valence-electron chi connectivity index (χ1n) is 9.01. The fraction of sp³-hybridized carbons (Fsp3) is 0.941. The topological polar surface area (TPSA) is 70.6 Å². The number of ether oxygens (including phenoxy) is 1. The molecule has 0 aromatic heterocycles. The highest BCUT2D eigenvalue weighted by Crippen LogP contribution is 2.43. The molecule has 1 heterocycles. The highest BCUT2D eigenvalue weighted by atomic mass is 16.5. The molecule has 3 fully saturated rings. The van der Waals surface area contributed by atoms with Crippen molar-refractivity contribution >= 4 is 6.03 Å². The third-order valence-corrected chi connectivity index (χ3v) is 5.80. The van der Waals surface area contributed by atoms with Gasteiger partial charge in [-0.1, -0.05) is 12.8 Å². The van der Waals surface area contributed by atoms with Gasteiger partial charge in [-0.2, -0.15) is 0 Å².